The molecule has 7 nitrogen and oxygen atoms in total. The van der Waals surface area contributed by atoms with Crippen LogP contribution in [-0.4, -0.2) is 28.0 Å². The average molecular weight is 273 g/mol. The quantitative estimate of drug-likeness (QED) is 0.681. The minimum Gasteiger partial charge on any atom is -0.508 e. The molecule has 0 fully saturated rings. The number of hydrogen-bond acceptors (Lipinski definition) is 5. The summed E-state index contributed by atoms with van der Waals surface area (Å²) in [5.41, 5.74) is -0.557. The summed E-state index contributed by atoms with van der Waals surface area (Å²) >= 11 is 0. The van der Waals surface area contributed by atoms with E-state index in [-0.39, 0.29) is 17.0 Å². The second-order valence-electron chi connectivity index (χ2n) is 4.01. The zero-order chi connectivity index (χ0) is 14.7. The van der Waals surface area contributed by atoms with E-state index in [1.165, 1.54) is 18.1 Å². The summed E-state index contributed by atoms with van der Waals surface area (Å²) in [6.07, 6.45) is 1.51. The maximum Gasteiger partial charge on any atom is 0.282 e. The van der Waals surface area contributed by atoms with Gasteiger partial charge in [-0.15, -0.1) is 0 Å². The highest BCUT2D eigenvalue weighted by atomic mass is 16.6. The number of rotatable bonds is 3. The van der Waals surface area contributed by atoms with Gasteiger partial charge in [-0.25, -0.2) is 4.98 Å². The molecule has 7 heteroatoms. The van der Waals surface area contributed by atoms with Gasteiger partial charge in [-0.1, -0.05) is 6.07 Å². The molecule has 2 rings (SSSR count). The lowest BCUT2D eigenvalue weighted by Gasteiger charge is -2.16. The fourth-order valence-corrected chi connectivity index (χ4v) is 1.69. The Hall–Kier alpha value is -2.96. The second-order valence-corrected chi connectivity index (χ2v) is 4.01. The molecule has 1 aromatic carbocycles. The number of phenols is 1. The highest BCUT2D eigenvalue weighted by Crippen LogP contribution is 2.25. The molecule has 0 saturated heterocycles. The molecule has 0 unspecified atom stereocenters. The van der Waals surface area contributed by atoms with E-state index in [9.17, 15) is 20.0 Å². The fourth-order valence-electron chi connectivity index (χ4n) is 1.69. The van der Waals surface area contributed by atoms with Crippen molar-refractivity contribution in [2.45, 2.75) is 0 Å². The third kappa shape index (κ3) is 2.56. The summed E-state index contributed by atoms with van der Waals surface area (Å²) in [4.78, 5) is 27.7. The van der Waals surface area contributed by atoms with Crippen molar-refractivity contribution in [3.63, 3.8) is 0 Å². The van der Waals surface area contributed by atoms with Crippen LogP contribution in [0.2, 0.25) is 0 Å². The van der Waals surface area contributed by atoms with E-state index >= 15 is 0 Å². The Balaban J connectivity index is 2.43. The largest absolute Gasteiger partial charge is 0.508 e. The van der Waals surface area contributed by atoms with Crippen molar-refractivity contribution in [2.75, 3.05) is 11.9 Å². The zero-order valence-corrected chi connectivity index (χ0v) is 10.6. The summed E-state index contributed by atoms with van der Waals surface area (Å²) in [6, 6.07) is 8.32. The molecule has 2 aromatic rings. The van der Waals surface area contributed by atoms with Crippen LogP contribution in [0.25, 0.3) is 0 Å². The van der Waals surface area contributed by atoms with Crippen LogP contribution in [0.15, 0.2) is 42.6 Å². The van der Waals surface area contributed by atoms with E-state index in [2.05, 4.69) is 4.98 Å². The van der Waals surface area contributed by atoms with E-state index in [1.807, 2.05) is 0 Å². The molecular weight excluding hydrogens is 262 g/mol. The number of nitrogens with zero attached hydrogens (tertiary/aromatic N) is 3. The topological polar surface area (TPSA) is 96.6 Å². The number of carbonyl (C=O) groups excluding carboxylic acids is 1. The summed E-state index contributed by atoms with van der Waals surface area (Å²) in [5.74, 6) is -0.477. The standard InChI is InChI=1S/C13H11N3O4/c1-15(12-4-2-3-7-14-12)13(18)10-8-9(17)5-6-11(10)16(19)20/h2-8,17H,1H3. The molecule has 102 valence electrons. The first-order valence-electron chi connectivity index (χ1n) is 5.67. The van der Waals surface area contributed by atoms with Crippen LogP contribution in [0.5, 0.6) is 5.75 Å². The first-order valence-corrected chi connectivity index (χ1v) is 5.67. The number of carbonyl (C=O) groups is 1. The Morgan fingerprint density at radius 1 is 1.35 bits per heavy atom. The minimum absolute atomic E-state index is 0.192. The van der Waals surface area contributed by atoms with Gasteiger partial charge in [-0.05, 0) is 24.3 Å². The third-order valence-corrected chi connectivity index (χ3v) is 2.70. The van der Waals surface area contributed by atoms with Crippen LogP contribution in [-0.2, 0) is 0 Å². The second kappa shape index (κ2) is 5.35. The first kappa shape index (κ1) is 13.5. The number of aromatic nitrogens is 1. The van der Waals surface area contributed by atoms with Crippen LogP contribution in [0.4, 0.5) is 11.5 Å². The number of nitro benzene ring substituents is 1. The number of amides is 1. The van der Waals surface area contributed by atoms with Gasteiger partial charge in [-0.2, -0.15) is 0 Å². The van der Waals surface area contributed by atoms with Gasteiger partial charge in [0.25, 0.3) is 11.6 Å². The van der Waals surface area contributed by atoms with Gasteiger partial charge in [0.15, 0.2) is 0 Å². The number of hydrogen-bond donors (Lipinski definition) is 1. The number of aromatic hydroxyl groups is 1. The van der Waals surface area contributed by atoms with Gasteiger partial charge in [0.2, 0.25) is 0 Å². The molecule has 0 bridgehead atoms. The Morgan fingerprint density at radius 2 is 2.10 bits per heavy atom. The molecule has 1 N–H and O–H groups in total. The van der Waals surface area contributed by atoms with Crippen molar-refractivity contribution < 1.29 is 14.8 Å². The third-order valence-electron chi connectivity index (χ3n) is 2.70. The predicted molar refractivity (Wildman–Crippen MR) is 71.7 cm³/mol. The van der Waals surface area contributed by atoms with Crippen molar-refractivity contribution in [3.8, 4) is 5.75 Å². The van der Waals surface area contributed by atoms with Crippen LogP contribution in [0.3, 0.4) is 0 Å². The normalized spacial score (nSPS) is 10.1. The summed E-state index contributed by atoms with van der Waals surface area (Å²) < 4.78 is 0. The molecule has 0 atom stereocenters. The summed E-state index contributed by atoms with van der Waals surface area (Å²) in [7, 11) is 1.46. The molecule has 0 saturated carbocycles. The molecule has 0 aliphatic carbocycles. The first-order chi connectivity index (χ1) is 9.50. The lowest BCUT2D eigenvalue weighted by atomic mass is 10.1. The van der Waals surface area contributed by atoms with E-state index in [1.54, 1.807) is 18.2 Å². The fraction of sp³-hybridized carbons (Fsp3) is 0.0769. The van der Waals surface area contributed by atoms with Gasteiger partial charge in [-0.3, -0.25) is 19.8 Å². The van der Waals surface area contributed by atoms with Gasteiger partial charge in [0.05, 0.1) is 4.92 Å². The number of benzene rings is 1. The van der Waals surface area contributed by atoms with E-state index in [0.717, 1.165) is 18.2 Å². The van der Waals surface area contributed by atoms with E-state index < -0.39 is 10.8 Å². The number of nitro groups is 1. The maximum atomic E-state index is 12.3. The van der Waals surface area contributed by atoms with Gasteiger partial charge in [0.1, 0.15) is 17.1 Å². The van der Waals surface area contributed by atoms with Crippen molar-refractivity contribution >= 4 is 17.4 Å². The van der Waals surface area contributed by atoms with Crippen LogP contribution < -0.4 is 4.90 Å². The van der Waals surface area contributed by atoms with Gasteiger partial charge in [0, 0.05) is 19.3 Å². The number of pyridine rings is 1. The zero-order valence-electron chi connectivity index (χ0n) is 10.6. The molecular formula is C13H11N3O4. The summed E-state index contributed by atoms with van der Waals surface area (Å²) in [6.45, 7) is 0. The van der Waals surface area contributed by atoms with E-state index in [4.69, 9.17) is 0 Å². The lowest BCUT2D eigenvalue weighted by molar-refractivity contribution is -0.385. The van der Waals surface area contributed by atoms with Gasteiger partial charge >= 0.3 is 0 Å². The number of anilines is 1. The SMILES string of the molecule is CN(C(=O)c1cc(O)ccc1[N+](=O)[O-])c1ccccn1. The van der Waals surface area contributed by atoms with Crippen molar-refractivity contribution in [1.82, 2.24) is 4.98 Å². The highest BCUT2D eigenvalue weighted by Gasteiger charge is 2.24. The van der Waals surface area contributed by atoms with Gasteiger partial charge < -0.3 is 5.11 Å². The molecule has 0 spiro atoms. The lowest BCUT2D eigenvalue weighted by Crippen LogP contribution is -2.27. The highest BCUT2D eigenvalue weighted by molar-refractivity contribution is 6.08. The smallest absolute Gasteiger partial charge is 0.282 e. The molecule has 0 radical (unpaired) electrons. The van der Waals surface area contributed by atoms with Crippen molar-refractivity contribution in [2.24, 2.45) is 0 Å². The Kier molecular flexibility index (Phi) is 3.60. The average Bonchev–Trinajstić information content (AvgIpc) is 2.46. The molecule has 20 heavy (non-hydrogen) atoms. The predicted octanol–water partition coefficient (Wildman–Crippen LogP) is 1.97. The van der Waals surface area contributed by atoms with E-state index in [0.29, 0.717) is 5.82 Å². The van der Waals surface area contributed by atoms with Crippen molar-refractivity contribution in [3.05, 3.63) is 58.3 Å². The minimum atomic E-state index is -0.668. The van der Waals surface area contributed by atoms with Crippen LogP contribution in [0, 0.1) is 10.1 Å². The van der Waals surface area contributed by atoms with Crippen molar-refractivity contribution in [1.29, 1.82) is 0 Å². The molecule has 1 aromatic heterocycles. The Morgan fingerprint density at radius 3 is 2.70 bits per heavy atom. The number of phenolic OH excluding ortho intramolecular Hbond substituents is 1. The maximum absolute atomic E-state index is 12.3. The van der Waals surface area contributed by atoms with Crippen LogP contribution >= 0.6 is 0 Å². The Bertz CT molecular complexity index is 658. The molecule has 0 aliphatic heterocycles. The molecule has 1 heterocycles. The van der Waals surface area contributed by atoms with Crippen LogP contribution in [0.1, 0.15) is 10.4 Å². The molecule has 1 amide bonds. The monoisotopic (exact) mass is 273 g/mol. The molecule has 0 aliphatic rings. The summed E-state index contributed by atoms with van der Waals surface area (Å²) in [5, 5.41) is 20.3. The Labute approximate surface area is 114 Å².